The van der Waals surface area contributed by atoms with E-state index in [0.717, 1.165) is 22.4 Å². The molecule has 0 fully saturated rings. The number of halogens is 1. The molecule has 2 aromatic rings. The fourth-order valence-corrected chi connectivity index (χ4v) is 1.94. The van der Waals surface area contributed by atoms with E-state index in [1.54, 1.807) is 6.07 Å². The van der Waals surface area contributed by atoms with Crippen LogP contribution in [0, 0.1) is 12.7 Å². The Labute approximate surface area is 113 Å². The fraction of sp³-hybridized carbons (Fsp3) is 0.250. The summed E-state index contributed by atoms with van der Waals surface area (Å²) in [5.41, 5.74) is 8.85. The number of hydrogen-bond acceptors (Lipinski definition) is 2. The topological polar surface area (TPSA) is 35.2 Å². The lowest BCUT2D eigenvalue weighted by molar-refractivity contribution is 0.301. The van der Waals surface area contributed by atoms with Crippen LogP contribution in [0.5, 0.6) is 5.75 Å². The molecule has 0 aliphatic carbocycles. The van der Waals surface area contributed by atoms with E-state index in [4.69, 9.17) is 10.5 Å². The van der Waals surface area contributed by atoms with Gasteiger partial charge in [0.25, 0.3) is 0 Å². The van der Waals surface area contributed by atoms with Crippen molar-refractivity contribution in [2.75, 3.05) is 0 Å². The van der Waals surface area contributed by atoms with Crippen molar-refractivity contribution in [1.82, 2.24) is 0 Å². The van der Waals surface area contributed by atoms with E-state index in [0.29, 0.717) is 6.61 Å². The van der Waals surface area contributed by atoms with Crippen LogP contribution in [0.3, 0.4) is 0 Å². The SMILES string of the molecule is Cc1ccc(OCc2cccc(F)c2)c([C@@H](C)N)c1. The van der Waals surface area contributed by atoms with E-state index in [9.17, 15) is 4.39 Å². The van der Waals surface area contributed by atoms with Crippen molar-refractivity contribution in [3.63, 3.8) is 0 Å². The van der Waals surface area contributed by atoms with E-state index in [2.05, 4.69) is 0 Å². The molecule has 0 saturated carbocycles. The van der Waals surface area contributed by atoms with E-state index in [1.165, 1.54) is 12.1 Å². The molecule has 1 atom stereocenters. The molecule has 0 unspecified atom stereocenters. The van der Waals surface area contributed by atoms with Crippen LogP contribution in [-0.2, 0) is 6.61 Å². The molecule has 2 aromatic carbocycles. The van der Waals surface area contributed by atoms with Gasteiger partial charge in [-0.1, -0.05) is 29.8 Å². The highest BCUT2D eigenvalue weighted by atomic mass is 19.1. The molecule has 2 nitrogen and oxygen atoms in total. The summed E-state index contributed by atoms with van der Waals surface area (Å²) in [6.45, 7) is 4.27. The average molecular weight is 259 g/mol. The summed E-state index contributed by atoms with van der Waals surface area (Å²) in [5.74, 6) is 0.502. The van der Waals surface area contributed by atoms with Crippen molar-refractivity contribution >= 4 is 0 Å². The number of nitrogens with two attached hydrogens (primary N) is 1. The molecule has 3 heteroatoms. The van der Waals surface area contributed by atoms with E-state index >= 15 is 0 Å². The maximum Gasteiger partial charge on any atom is 0.124 e. The van der Waals surface area contributed by atoms with Crippen LogP contribution in [0.2, 0.25) is 0 Å². The van der Waals surface area contributed by atoms with Gasteiger partial charge in [-0.3, -0.25) is 0 Å². The molecule has 0 amide bonds. The van der Waals surface area contributed by atoms with Crippen LogP contribution in [0.15, 0.2) is 42.5 Å². The summed E-state index contributed by atoms with van der Waals surface area (Å²) >= 11 is 0. The maximum atomic E-state index is 13.1. The van der Waals surface area contributed by atoms with Crippen LogP contribution in [-0.4, -0.2) is 0 Å². The molecule has 0 aromatic heterocycles. The molecule has 0 radical (unpaired) electrons. The van der Waals surface area contributed by atoms with Crippen LogP contribution in [0.1, 0.15) is 29.7 Å². The van der Waals surface area contributed by atoms with Crippen LogP contribution < -0.4 is 10.5 Å². The molecule has 0 spiro atoms. The normalized spacial score (nSPS) is 12.2. The third-order valence-electron chi connectivity index (χ3n) is 2.94. The van der Waals surface area contributed by atoms with Crippen LogP contribution >= 0.6 is 0 Å². The quantitative estimate of drug-likeness (QED) is 0.908. The molecule has 0 aliphatic rings. The van der Waals surface area contributed by atoms with Crippen molar-refractivity contribution in [2.24, 2.45) is 5.73 Å². The summed E-state index contributed by atoms with van der Waals surface area (Å²) in [4.78, 5) is 0. The molecule has 0 heterocycles. The Morgan fingerprint density at radius 3 is 2.68 bits per heavy atom. The molecular weight excluding hydrogens is 241 g/mol. The lowest BCUT2D eigenvalue weighted by atomic mass is 10.1. The predicted molar refractivity (Wildman–Crippen MR) is 74.5 cm³/mol. The minimum Gasteiger partial charge on any atom is -0.489 e. The fourth-order valence-electron chi connectivity index (χ4n) is 1.94. The first kappa shape index (κ1) is 13.6. The molecule has 19 heavy (non-hydrogen) atoms. The summed E-state index contributed by atoms with van der Waals surface area (Å²) in [6.07, 6.45) is 0. The number of rotatable bonds is 4. The molecule has 0 saturated heterocycles. The Bertz CT molecular complexity index is 566. The van der Waals surface area contributed by atoms with E-state index < -0.39 is 0 Å². The summed E-state index contributed by atoms with van der Waals surface area (Å²) in [6, 6.07) is 12.2. The van der Waals surface area contributed by atoms with Crippen molar-refractivity contribution in [3.8, 4) is 5.75 Å². The van der Waals surface area contributed by atoms with Gasteiger partial charge in [-0.25, -0.2) is 4.39 Å². The smallest absolute Gasteiger partial charge is 0.124 e. The molecular formula is C16H18FNO. The van der Waals surface area contributed by atoms with Gasteiger partial charge < -0.3 is 10.5 Å². The molecule has 0 aliphatic heterocycles. The minimum atomic E-state index is -0.252. The highest BCUT2D eigenvalue weighted by Crippen LogP contribution is 2.25. The molecule has 2 N–H and O–H groups in total. The highest BCUT2D eigenvalue weighted by Gasteiger charge is 2.08. The second kappa shape index (κ2) is 5.85. The van der Waals surface area contributed by atoms with E-state index in [1.807, 2.05) is 38.1 Å². The van der Waals surface area contributed by atoms with Gasteiger partial charge in [0.2, 0.25) is 0 Å². The Kier molecular flexibility index (Phi) is 4.17. The first-order valence-electron chi connectivity index (χ1n) is 6.29. The second-order valence-corrected chi connectivity index (χ2v) is 4.75. The maximum absolute atomic E-state index is 13.1. The summed E-state index contributed by atoms with van der Waals surface area (Å²) in [7, 11) is 0. The van der Waals surface area contributed by atoms with Gasteiger partial charge in [-0.15, -0.1) is 0 Å². The zero-order valence-corrected chi connectivity index (χ0v) is 11.2. The Morgan fingerprint density at radius 1 is 1.21 bits per heavy atom. The highest BCUT2D eigenvalue weighted by molar-refractivity contribution is 5.39. The van der Waals surface area contributed by atoms with Crippen molar-refractivity contribution < 1.29 is 9.13 Å². The van der Waals surface area contributed by atoms with Crippen LogP contribution in [0.25, 0.3) is 0 Å². The third-order valence-corrected chi connectivity index (χ3v) is 2.94. The Balaban J connectivity index is 2.15. The first-order valence-corrected chi connectivity index (χ1v) is 6.29. The zero-order valence-electron chi connectivity index (χ0n) is 11.2. The van der Waals surface area contributed by atoms with Gasteiger partial charge in [0.05, 0.1) is 0 Å². The lowest BCUT2D eigenvalue weighted by Gasteiger charge is -2.15. The van der Waals surface area contributed by atoms with Crippen molar-refractivity contribution in [2.45, 2.75) is 26.5 Å². The van der Waals surface area contributed by atoms with Gasteiger partial charge in [0, 0.05) is 11.6 Å². The Hall–Kier alpha value is -1.87. The molecule has 0 bridgehead atoms. The zero-order chi connectivity index (χ0) is 13.8. The number of benzene rings is 2. The minimum absolute atomic E-state index is 0.0950. The van der Waals surface area contributed by atoms with Gasteiger partial charge in [-0.05, 0) is 37.6 Å². The number of aryl methyl sites for hydroxylation is 1. The largest absolute Gasteiger partial charge is 0.489 e. The average Bonchev–Trinajstić information content (AvgIpc) is 2.37. The van der Waals surface area contributed by atoms with Gasteiger partial charge in [0.1, 0.15) is 18.2 Å². The second-order valence-electron chi connectivity index (χ2n) is 4.75. The van der Waals surface area contributed by atoms with Crippen molar-refractivity contribution in [1.29, 1.82) is 0 Å². The third kappa shape index (κ3) is 3.55. The first-order chi connectivity index (χ1) is 9.06. The monoisotopic (exact) mass is 259 g/mol. The van der Waals surface area contributed by atoms with Gasteiger partial charge >= 0.3 is 0 Å². The predicted octanol–water partition coefficient (Wildman–Crippen LogP) is 3.73. The standard InChI is InChI=1S/C16H18FNO/c1-11-6-7-16(15(8-11)12(2)18)19-10-13-4-3-5-14(17)9-13/h3-9,12H,10,18H2,1-2H3/t12-/m1/s1. The van der Waals surface area contributed by atoms with Crippen molar-refractivity contribution in [3.05, 3.63) is 65.0 Å². The summed E-state index contributed by atoms with van der Waals surface area (Å²) in [5, 5.41) is 0. The molecule has 2 rings (SSSR count). The molecule has 100 valence electrons. The van der Waals surface area contributed by atoms with E-state index in [-0.39, 0.29) is 11.9 Å². The number of hydrogen-bond donors (Lipinski definition) is 1. The van der Waals surface area contributed by atoms with Crippen LogP contribution in [0.4, 0.5) is 4.39 Å². The van der Waals surface area contributed by atoms with Gasteiger partial charge in [-0.2, -0.15) is 0 Å². The Morgan fingerprint density at radius 2 is 2.00 bits per heavy atom. The number of ether oxygens (including phenoxy) is 1. The van der Waals surface area contributed by atoms with Gasteiger partial charge in [0.15, 0.2) is 0 Å². The lowest BCUT2D eigenvalue weighted by Crippen LogP contribution is -2.08. The summed E-state index contributed by atoms with van der Waals surface area (Å²) < 4.78 is 18.8.